The van der Waals surface area contributed by atoms with Gasteiger partial charge in [-0.25, -0.2) is 4.68 Å². The molecule has 0 aliphatic carbocycles. The number of rotatable bonds is 6. The quantitative estimate of drug-likeness (QED) is 0.524. The molecule has 5 rings (SSSR count). The number of amides is 6. The molecule has 0 spiro atoms. The molecule has 2 aromatic rings. The first-order valence-corrected chi connectivity index (χ1v) is 11.6. The third kappa shape index (κ3) is 4.34. The van der Waals surface area contributed by atoms with Crippen LogP contribution in [0, 0.1) is 0 Å². The summed E-state index contributed by atoms with van der Waals surface area (Å²) >= 11 is 0. The summed E-state index contributed by atoms with van der Waals surface area (Å²) in [5.41, 5.74) is 0.740. The zero-order valence-electron chi connectivity index (χ0n) is 19.2. The maximum atomic E-state index is 13.1. The normalized spacial score (nSPS) is 20.0. The van der Waals surface area contributed by atoms with E-state index < -0.39 is 35.6 Å². The van der Waals surface area contributed by atoms with Gasteiger partial charge in [0.2, 0.25) is 23.6 Å². The summed E-state index contributed by atoms with van der Waals surface area (Å²) in [5, 5.41) is 12.8. The van der Waals surface area contributed by atoms with Crippen LogP contribution < -0.4 is 10.6 Å². The van der Waals surface area contributed by atoms with Crippen molar-refractivity contribution in [2.24, 2.45) is 0 Å². The number of nitrogens with one attached hydrogen (secondary N) is 2. The fourth-order valence-corrected chi connectivity index (χ4v) is 4.67. The van der Waals surface area contributed by atoms with Gasteiger partial charge in [-0.2, -0.15) is 0 Å². The van der Waals surface area contributed by atoms with Gasteiger partial charge >= 0.3 is 0 Å². The van der Waals surface area contributed by atoms with Gasteiger partial charge in [-0.15, -0.1) is 5.10 Å². The Balaban J connectivity index is 1.27. The molecule has 3 aliphatic rings. The highest BCUT2D eigenvalue weighted by Gasteiger charge is 2.45. The maximum Gasteiger partial charge on any atom is 0.264 e. The lowest BCUT2D eigenvalue weighted by molar-refractivity contribution is -0.136. The third-order valence-electron chi connectivity index (χ3n) is 6.41. The largest absolute Gasteiger partial charge is 0.337 e. The first-order valence-electron chi connectivity index (χ1n) is 11.6. The van der Waals surface area contributed by atoms with Gasteiger partial charge in [-0.3, -0.25) is 39.0 Å². The molecule has 2 fully saturated rings. The molecule has 6 amide bonds. The number of piperidine rings is 2. The van der Waals surface area contributed by atoms with Crippen molar-refractivity contribution in [3.05, 3.63) is 41.2 Å². The highest BCUT2D eigenvalue weighted by atomic mass is 16.2. The van der Waals surface area contributed by atoms with Crippen LogP contribution in [0.3, 0.4) is 0 Å². The van der Waals surface area contributed by atoms with Crippen LogP contribution in [0.1, 0.15) is 58.5 Å². The van der Waals surface area contributed by atoms with E-state index >= 15 is 0 Å². The van der Waals surface area contributed by atoms with Crippen molar-refractivity contribution < 1.29 is 28.8 Å². The molecule has 1 atom stereocenters. The van der Waals surface area contributed by atoms with E-state index in [2.05, 4.69) is 20.9 Å². The Kier molecular flexibility index (Phi) is 6.04. The first-order chi connectivity index (χ1) is 17.3. The first kappa shape index (κ1) is 23.3. The minimum Gasteiger partial charge on any atom is -0.337 e. The highest BCUT2D eigenvalue weighted by Crippen LogP contribution is 2.32. The monoisotopic (exact) mass is 493 g/mol. The summed E-state index contributed by atoms with van der Waals surface area (Å²) in [6.45, 7) is 0.775. The van der Waals surface area contributed by atoms with Crippen molar-refractivity contribution in [3.63, 3.8) is 0 Å². The lowest BCUT2D eigenvalue weighted by atomic mass is 10.0. The van der Waals surface area contributed by atoms with Crippen LogP contribution in [-0.2, 0) is 32.3 Å². The molecule has 0 radical (unpaired) electrons. The molecular formula is C23H23N7O6. The van der Waals surface area contributed by atoms with E-state index in [0.717, 1.165) is 17.7 Å². The van der Waals surface area contributed by atoms with Crippen molar-refractivity contribution in [3.8, 4) is 0 Å². The average Bonchev–Trinajstić information content (AvgIpc) is 3.38. The van der Waals surface area contributed by atoms with Gasteiger partial charge in [-0.1, -0.05) is 11.3 Å². The van der Waals surface area contributed by atoms with Crippen LogP contribution in [0.4, 0.5) is 5.69 Å². The summed E-state index contributed by atoms with van der Waals surface area (Å²) < 4.78 is 1.32. The Morgan fingerprint density at radius 1 is 1.08 bits per heavy atom. The second-order valence-electron chi connectivity index (χ2n) is 8.90. The number of likely N-dealkylation sites (tertiary alicyclic amines) is 1. The zero-order valence-corrected chi connectivity index (χ0v) is 19.2. The summed E-state index contributed by atoms with van der Waals surface area (Å²) in [7, 11) is 0. The van der Waals surface area contributed by atoms with Gasteiger partial charge < -0.3 is 10.2 Å². The van der Waals surface area contributed by atoms with E-state index in [1.165, 1.54) is 22.9 Å². The van der Waals surface area contributed by atoms with Crippen LogP contribution in [0.25, 0.3) is 0 Å². The van der Waals surface area contributed by atoms with Crippen LogP contribution in [0.15, 0.2) is 24.4 Å². The van der Waals surface area contributed by atoms with Crippen molar-refractivity contribution in [2.75, 3.05) is 11.9 Å². The highest BCUT2D eigenvalue weighted by molar-refractivity contribution is 6.26. The molecule has 0 bridgehead atoms. The molecule has 186 valence electrons. The molecule has 0 saturated carbocycles. The molecule has 1 aromatic heterocycles. The molecule has 13 nitrogen and oxygen atoms in total. The Labute approximate surface area is 204 Å². The molecule has 2 saturated heterocycles. The van der Waals surface area contributed by atoms with Gasteiger partial charge in [-0.05, 0) is 31.4 Å². The Morgan fingerprint density at radius 2 is 1.92 bits per heavy atom. The molecule has 2 N–H and O–H groups in total. The van der Waals surface area contributed by atoms with E-state index in [4.69, 9.17) is 0 Å². The molecule has 3 aliphatic heterocycles. The standard InChI is InChI=1S/C23H23N7O6/c31-17-8-7-16(21(34)25-17)30-22(35)14-4-3-5-15(20(14)23(30)36)24-18(32)12-29-11-13(26-27-29)10-28-9-2-1-6-19(28)33/h3-5,11,16H,1-2,6-10,12H2,(H,24,32)(H,25,31,34). The number of aromatic nitrogens is 3. The minimum absolute atomic E-state index is 0.0107. The molecular weight excluding hydrogens is 470 g/mol. The van der Waals surface area contributed by atoms with E-state index in [9.17, 15) is 28.8 Å². The molecule has 1 unspecified atom stereocenters. The summed E-state index contributed by atoms with van der Waals surface area (Å²) in [4.78, 5) is 77.1. The van der Waals surface area contributed by atoms with Gasteiger partial charge in [0, 0.05) is 19.4 Å². The van der Waals surface area contributed by atoms with Crippen molar-refractivity contribution in [2.45, 2.75) is 51.2 Å². The number of carbonyl (C=O) groups excluding carboxylic acids is 6. The second kappa shape index (κ2) is 9.32. The van der Waals surface area contributed by atoms with Gasteiger partial charge in [0.05, 0.1) is 29.6 Å². The van der Waals surface area contributed by atoms with E-state index in [1.807, 2.05) is 0 Å². The van der Waals surface area contributed by atoms with Gasteiger partial charge in [0.1, 0.15) is 18.3 Å². The van der Waals surface area contributed by atoms with Crippen LogP contribution >= 0.6 is 0 Å². The number of fused-ring (bicyclic) bond motifs is 1. The number of hydrogen-bond acceptors (Lipinski definition) is 8. The van der Waals surface area contributed by atoms with E-state index in [-0.39, 0.29) is 42.1 Å². The van der Waals surface area contributed by atoms with Gasteiger partial charge in [0.25, 0.3) is 11.8 Å². The molecule has 4 heterocycles. The summed E-state index contributed by atoms with van der Waals surface area (Å²) in [5.74, 6) is -2.98. The van der Waals surface area contributed by atoms with Gasteiger partial charge in [0.15, 0.2) is 0 Å². The third-order valence-corrected chi connectivity index (χ3v) is 6.41. The fourth-order valence-electron chi connectivity index (χ4n) is 4.67. The topological polar surface area (TPSA) is 164 Å². The Morgan fingerprint density at radius 3 is 2.69 bits per heavy atom. The van der Waals surface area contributed by atoms with E-state index in [0.29, 0.717) is 25.2 Å². The predicted molar refractivity (Wildman–Crippen MR) is 121 cm³/mol. The van der Waals surface area contributed by atoms with Crippen molar-refractivity contribution >= 4 is 41.1 Å². The zero-order chi connectivity index (χ0) is 25.4. The number of benzene rings is 1. The molecule has 36 heavy (non-hydrogen) atoms. The number of imide groups is 2. The molecule has 13 heteroatoms. The van der Waals surface area contributed by atoms with Crippen molar-refractivity contribution in [1.82, 2.24) is 30.1 Å². The number of anilines is 1. The van der Waals surface area contributed by atoms with Crippen LogP contribution in [0.5, 0.6) is 0 Å². The van der Waals surface area contributed by atoms with Crippen molar-refractivity contribution in [1.29, 1.82) is 0 Å². The Bertz CT molecular complexity index is 1300. The van der Waals surface area contributed by atoms with E-state index in [1.54, 1.807) is 11.1 Å². The molecule has 1 aromatic carbocycles. The van der Waals surface area contributed by atoms with Crippen LogP contribution in [-0.4, -0.2) is 72.8 Å². The SMILES string of the molecule is O=C1CCC(N2C(=O)c3cccc(NC(=O)Cn4cc(CN5CCCCC5=O)nn4)c3C2=O)C(=O)N1. The lowest BCUT2D eigenvalue weighted by Gasteiger charge is -2.27. The number of carbonyl (C=O) groups is 6. The minimum atomic E-state index is -1.10. The fraction of sp³-hybridized carbons (Fsp3) is 0.391. The Hall–Kier alpha value is -4.42. The van der Waals surface area contributed by atoms with Crippen LogP contribution in [0.2, 0.25) is 0 Å². The lowest BCUT2D eigenvalue weighted by Crippen LogP contribution is -2.54. The summed E-state index contributed by atoms with van der Waals surface area (Å²) in [6.07, 6.45) is 3.96. The predicted octanol–water partition coefficient (Wildman–Crippen LogP) is -0.169. The average molecular weight is 493 g/mol. The number of hydrogen-bond donors (Lipinski definition) is 2. The number of nitrogens with zero attached hydrogens (tertiary/aromatic N) is 5. The summed E-state index contributed by atoms with van der Waals surface area (Å²) in [6, 6.07) is 3.36. The maximum absolute atomic E-state index is 13.1. The smallest absolute Gasteiger partial charge is 0.264 e. The second-order valence-corrected chi connectivity index (χ2v) is 8.90.